The predicted octanol–water partition coefficient (Wildman–Crippen LogP) is 7.50. The number of aliphatic hydroxyl groups is 3. The number of benzene rings is 8. The number of carbonyl (C=O) groups is 4. The molecule has 8 N–H and O–H groups in total. The van der Waals surface area contributed by atoms with Gasteiger partial charge < -0.3 is 55.1 Å². The van der Waals surface area contributed by atoms with Crippen molar-refractivity contribution in [2.75, 3.05) is 39.6 Å². The molecule has 700 valence electrons. The minimum Gasteiger partial charge on any atom is -0.505 e. The van der Waals surface area contributed by atoms with Crippen molar-refractivity contribution in [1.82, 2.24) is 87.4 Å². The second kappa shape index (κ2) is 41.1. The number of ether oxygens (including phenoxy) is 3. The normalized spacial score (nSPS) is 11.9. The Balaban J connectivity index is 0.000000300. The average Bonchev–Trinajstić information content (AvgIpc) is 1.41. The van der Waals surface area contributed by atoms with Crippen molar-refractivity contribution in [3.05, 3.63) is 253 Å². The maximum Gasteiger partial charge on any atom is 0.336 e. The van der Waals surface area contributed by atoms with Crippen LogP contribution < -0.4 is 34.1 Å². The summed E-state index contributed by atoms with van der Waals surface area (Å²) in [6, 6.07) is 43.4. The third kappa shape index (κ3) is 22.9. The molecule has 0 saturated carbocycles. The molecule has 133 heavy (non-hydrogen) atoms. The third-order valence-electron chi connectivity index (χ3n) is 21.8. The number of aryl methyl sites for hydroxylation is 4. The largest absolute Gasteiger partial charge is 0.505 e. The summed E-state index contributed by atoms with van der Waals surface area (Å²) in [6.07, 6.45) is 0.537. The van der Waals surface area contributed by atoms with Crippen LogP contribution >= 0.6 is 0 Å². The van der Waals surface area contributed by atoms with Gasteiger partial charge in [0.1, 0.15) is 110 Å². The van der Waals surface area contributed by atoms with Crippen LogP contribution in [-0.4, -0.2) is 192 Å². The monoisotopic (exact) mass is 1820 g/mol. The van der Waals surface area contributed by atoms with Gasteiger partial charge >= 0.3 is 58.0 Å². The van der Waals surface area contributed by atoms with Crippen molar-refractivity contribution in [3.63, 3.8) is 0 Å². The number of hydrogen-bond donors (Lipinski definition) is 8. The number of hydrogen-bond acceptors (Lipinski definition) is 28. The molecule has 0 saturated heterocycles. The Morgan fingerprint density at radius 3 is 0.639 bits per heavy atom. The molecule has 6 aromatic heterocycles. The van der Waals surface area contributed by atoms with Gasteiger partial charge in [0.05, 0.1) is 59.1 Å². The average molecular weight is 1830 g/mol. The molecule has 0 aliphatic carbocycles. The Bertz CT molecular complexity index is 6350. The predicted molar refractivity (Wildman–Crippen MR) is 490 cm³/mol. The first-order valence-corrected chi connectivity index (χ1v) is 43.2. The first-order chi connectivity index (χ1) is 63.0. The number of carboxylic acid groups (broad SMARTS) is 1. The molecule has 0 aliphatic heterocycles. The number of aromatic nitrogens is 18. The number of esters is 3. The summed E-state index contributed by atoms with van der Waals surface area (Å²) in [5.41, 5.74) is 4.39. The molecule has 0 radical (unpaired) electrons. The Labute approximate surface area is 759 Å². The van der Waals surface area contributed by atoms with E-state index in [1.807, 2.05) is 168 Å². The van der Waals surface area contributed by atoms with E-state index in [0.717, 1.165) is 35.9 Å². The lowest BCUT2D eigenvalue weighted by Crippen LogP contribution is -2.55. The van der Waals surface area contributed by atoms with Gasteiger partial charge in [0, 0.05) is 47.9 Å². The van der Waals surface area contributed by atoms with E-state index in [4.69, 9.17) is 34.6 Å². The van der Waals surface area contributed by atoms with Gasteiger partial charge in [0.2, 0.25) is 0 Å². The third-order valence-corrected chi connectivity index (χ3v) is 21.8. The van der Waals surface area contributed by atoms with Crippen molar-refractivity contribution >= 4 is 68.0 Å². The van der Waals surface area contributed by atoms with E-state index in [1.165, 1.54) is 19.2 Å². The summed E-state index contributed by atoms with van der Waals surface area (Å²) in [5, 5.41) is 117. The van der Waals surface area contributed by atoms with Crippen LogP contribution in [0.15, 0.2) is 174 Å². The number of phenols is 4. The highest BCUT2D eigenvalue weighted by Gasteiger charge is 2.30. The number of phenolic OH excluding ortho intramolecular Hbond substituents is 4. The van der Waals surface area contributed by atoms with E-state index in [2.05, 4.69) is 40.8 Å². The molecule has 0 bridgehead atoms. The molecule has 0 atom stereocenters. The quantitative estimate of drug-likeness (QED) is 0.0154. The van der Waals surface area contributed by atoms with Crippen molar-refractivity contribution in [2.45, 2.75) is 195 Å². The van der Waals surface area contributed by atoms with Crippen LogP contribution in [0.4, 0.5) is 0 Å². The summed E-state index contributed by atoms with van der Waals surface area (Å²) in [4.78, 5) is 134. The van der Waals surface area contributed by atoms with Gasteiger partial charge in [0.15, 0.2) is 0 Å². The fourth-order valence-electron chi connectivity index (χ4n) is 14.8. The highest BCUT2D eigenvalue weighted by atomic mass is 16.5. The topological polar surface area (TPSA) is 513 Å². The van der Waals surface area contributed by atoms with E-state index in [1.54, 1.807) is 60.7 Å². The zero-order valence-corrected chi connectivity index (χ0v) is 75.9. The van der Waals surface area contributed by atoms with Crippen LogP contribution in [0.1, 0.15) is 153 Å². The second-order valence-electron chi connectivity index (χ2n) is 35.8. The fraction of sp³-hybridized carbons (Fsp3) is 0.383. The van der Waals surface area contributed by atoms with E-state index >= 15 is 0 Å². The number of aliphatic hydroxyl groups excluding tert-OH is 3. The molecule has 0 aliphatic rings. The van der Waals surface area contributed by atoms with Gasteiger partial charge in [-0.3, -0.25) is 19.2 Å². The smallest absolute Gasteiger partial charge is 0.336 e. The zero-order valence-electron chi connectivity index (χ0n) is 75.9. The van der Waals surface area contributed by atoms with Crippen LogP contribution in [0.3, 0.4) is 0 Å². The highest BCUT2D eigenvalue weighted by molar-refractivity contribution is 5.78. The maximum atomic E-state index is 14.2. The molecule has 0 fully saturated rings. The first kappa shape index (κ1) is 97.2. The van der Waals surface area contributed by atoms with Crippen LogP contribution in [0.2, 0.25) is 0 Å². The lowest BCUT2D eigenvalue weighted by molar-refractivity contribution is -0.144. The molecule has 14 aromatic rings. The summed E-state index contributed by atoms with van der Waals surface area (Å²) in [7, 11) is 0. The number of rotatable bonds is 31. The van der Waals surface area contributed by atoms with E-state index in [9.17, 15) is 68.4 Å². The fourth-order valence-corrected chi connectivity index (χ4v) is 14.8. The highest BCUT2D eigenvalue weighted by Crippen LogP contribution is 2.41. The zero-order chi connectivity index (χ0) is 96.3. The first-order valence-electron chi connectivity index (χ1n) is 43.2. The van der Waals surface area contributed by atoms with Crippen LogP contribution in [0, 0.1) is 0 Å². The number of aliphatic carboxylic acids is 1. The summed E-state index contributed by atoms with van der Waals surface area (Å²) < 4.78 is 21.0. The Hall–Kier alpha value is -14.9. The Morgan fingerprint density at radius 1 is 0.286 bits per heavy atom. The van der Waals surface area contributed by atoms with Gasteiger partial charge in [-0.2, -0.15) is 0 Å². The van der Waals surface area contributed by atoms with Crippen molar-refractivity contribution in [1.29, 1.82) is 0 Å². The van der Waals surface area contributed by atoms with Gasteiger partial charge in [0.25, 0.3) is 0 Å². The second-order valence-corrected chi connectivity index (χ2v) is 35.8. The number of carboxylic acids is 1. The van der Waals surface area contributed by atoms with Crippen LogP contribution in [-0.2, 0) is 120 Å². The lowest BCUT2D eigenvalue weighted by Gasteiger charge is -2.23. The molecule has 0 amide bonds. The molecule has 0 unspecified atom stereocenters. The minimum absolute atomic E-state index is 0.00965. The molecular formula is C94H108N18O21. The number of fused-ring (bicyclic) bond motifs is 4. The minimum atomic E-state index is -1.07. The van der Waals surface area contributed by atoms with Crippen LogP contribution in [0.5, 0.6) is 23.0 Å². The van der Waals surface area contributed by atoms with Crippen molar-refractivity contribution in [3.8, 4) is 45.7 Å². The Kier molecular flexibility index (Phi) is 30.0. The number of aromatic hydroxyl groups is 4. The summed E-state index contributed by atoms with van der Waals surface area (Å²) >= 11 is 0. The van der Waals surface area contributed by atoms with Gasteiger partial charge in [-0.25, -0.2) is 56.2 Å². The molecular weight excluding hydrogens is 1720 g/mol. The molecule has 0 spiro atoms. The number of nitrogens with zero attached hydrogens (tertiary/aromatic N) is 18. The lowest BCUT2D eigenvalue weighted by atomic mass is 9.84. The molecule has 39 nitrogen and oxygen atoms in total. The number of carbonyl (C=O) groups excluding carboxylic acids is 3. The van der Waals surface area contributed by atoms with Crippen LogP contribution in [0.25, 0.3) is 66.9 Å². The van der Waals surface area contributed by atoms with Crippen molar-refractivity contribution < 1.29 is 74.2 Å². The molecule has 39 heteroatoms. The molecule has 8 aromatic carbocycles. The SMILES string of the molecule is CC(C)(C)c1cc(CCC(=O)O)cc(-n2nc3ccccc3n2)c1O.CC(C)(C)c1cc(CCC(=O)OCCn2c(=O)n(CCOC(=O)CCc3cc(-n4nc5ccccc5n4)c(O)c(C(C)(C)C)c3)c(=O)n(CCOC(=O)CCc3cc(-n4nc5ccccc5n4)c(O)c(C(C)(C)C)c3)c2=O)cc(-n2nc3ccccc3n2)c1O.O=c1n(CCO)c(=O)n(CCO)c(=O)n1CCO. The molecule has 14 rings (SSSR count). The van der Waals surface area contributed by atoms with E-state index in [0.29, 0.717) is 109 Å². The van der Waals surface area contributed by atoms with Gasteiger partial charge in [-0.05, 0) is 142 Å². The maximum absolute atomic E-state index is 14.2. The summed E-state index contributed by atoms with van der Waals surface area (Å²) in [5.74, 6) is -2.76. The van der Waals surface area contributed by atoms with Gasteiger partial charge in [-0.1, -0.05) is 156 Å². The van der Waals surface area contributed by atoms with Gasteiger partial charge in [-0.15, -0.1) is 60.0 Å². The standard InChI is InChI=1S/C66H72N12O12.C19H21N3O3.C9H15N3O6/c1-64(2,3)43-34-40(37-52(58(43)82)76-67-46-16-10-11-17-47(46)68-76)22-25-55(79)88-31-28-73-61(85)74(29-32-89-56(80)26-23-41-35-44(65(4,5)6)59(83)53(38-41)77-69-48-18-12-13-19-49(48)70-77)63(87)75(62(73)86)30-33-90-57(81)27-24-42-36-45(66(7,8)9)60(84)54(39-42)78-71-50-20-14-15-21-51(50)72-78;1-19(2,3)13-10-12(8-9-17(23)24)11-16(18(13)25)22-20-14-6-4-5-7-15(14)21-22;13-4-1-10-7(16)11(2-5-14)9(18)12(3-6-15)8(10)17/h10-21,34-39,82-84H,22-33H2,1-9H3;4-7,10-11,25H,8-9H2,1-3H3,(H,23,24);13-15H,1-6H2. The Morgan fingerprint density at radius 2 is 0.466 bits per heavy atom. The molecule has 6 heterocycles. The van der Waals surface area contributed by atoms with Crippen molar-refractivity contribution in [2.24, 2.45) is 0 Å². The van der Waals surface area contributed by atoms with E-state index < -0.39 is 134 Å². The van der Waals surface area contributed by atoms with E-state index in [-0.39, 0.29) is 93.0 Å². The summed E-state index contributed by atoms with van der Waals surface area (Å²) in [6.45, 7) is 18.6.